The fraction of sp³-hybridized carbons (Fsp3) is 0.118. The van der Waals surface area contributed by atoms with Crippen LogP contribution in [0.4, 0.5) is 9.52 Å². The molecule has 6 nitrogen and oxygen atoms in total. The van der Waals surface area contributed by atoms with E-state index in [1.165, 1.54) is 24.3 Å². The van der Waals surface area contributed by atoms with Crippen LogP contribution >= 0.6 is 11.5 Å². The minimum Gasteiger partial charge on any atom is -0.493 e. The summed E-state index contributed by atoms with van der Waals surface area (Å²) < 4.78 is 27.6. The van der Waals surface area contributed by atoms with Crippen LogP contribution in [0.3, 0.4) is 0 Å². The highest BCUT2D eigenvalue weighted by molar-refractivity contribution is 7.10. The van der Waals surface area contributed by atoms with E-state index in [-0.39, 0.29) is 5.91 Å². The lowest BCUT2D eigenvalue weighted by molar-refractivity contribution is 0.102. The molecule has 0 atom stereocenters. The molecule has 0 saturated heterocycles. The van der Waals surface area contributed by atoms with Crippen molar-refractivity contribution in [1.29, 1.82) is 0 Å². The van der Waals surface area contributed by atoms with Gasteiger partial charge < -0.3 is 9.47 Å². The van der Waals surface area contributed by atoms with E-state index in [9.17, 15) is 9.18 Å². The molecule has 1 heterocycles. The summed E-state index contributed by atoms with van der Waals surface area (Å²) in [5.74, 6) is 0.844. The molecule has 0 radical (unpaired) electrons. The number of nitrogens with zero attached hydrogens (tertiary/aromatic N) is 2. The number of aromatic nitrogens is 2. The van der Waals surface area contributed by atoms with Crippen molar-refractivity contribution < 1.29 is 18.7 Å². The Bertz CT molecular complexity index is 896. The lowest BCUT2D eigenvalue weighted by atomic mass is 10.2. The topological polar surface area (TPSA) is 73.3 Å². The standard InChI is InChI=1S/C17H14FN3O3S/c1-23-13-8-5-11(9-14(13)24-2)15-19-17(25-21-15)20-16(22)10-3-6-12(18)7-4-10/h3-9H,1-2H3,(H,19,20,21,22). The average Bonchev–Trinajstić information content (AvgIpc) is 3.10. The van der Waals surface area contributed by atoms with Crippen LogP contribution in [0.25, 0.3) is 11.4 Å². The minimum absolute atomic E-state index is 0.337. The van der Waals surface area contributed by atoms with Crippen molar-refractivity contribution in [3.63, 3.8) is 0 Å². The number of methoxy groups -OCH3 is 2. The highest BCUT2D eigenvalue weighted by atomic mass is 32.1. The Morgan fingerprint density at radius 1 is 1.08 bits per heavy atom. The van der Waals surface area contributed by atoms with Gasteiger partial charge in [0.15, 0.2) is 17.3 Å². The monoisotopic (exact) mass is 359 g/mol. The number of carbonyl (C=O) groups excluding carboxylic acids is 1. The van der Waals surface area contributed by atoms with Gasteiger partial charge in [-0.2, -0.15) is 9.36 Å². The molecule has 0 bridgehead atoms. The highest BCUT2D eigenvalue weighted by Gasteiger charge is 2.13. The maximum atomic E-state index is 12.9. The molecule has 0 aliphatic rings. The van der Waals surface area contributed by atoms with Crippen LogP contribution in [-0.2, 0) is 0 Å². The van der Waals surface area contributed by atoms with Gasteiger partial charge in [-0.15, -0.1) is 0 Å². The summed E-state index contributed by atoms with van der Waals surface area (Å²) in [4.78, 5) is 16.4. The van der Waals surface area contributed by atoms with Crippen LogP contribution in [-0.4, -0.2) is 29.5 Å². The van der Waals surface area contributed by atoms with Crippen LogP contribution in [0.1, 0.15) is 10.4 Å². The predicted octanol–water partition coefficient (Wildman–Crippen LogP) is 3.61. The van der Waals surface area contributed by atoms with E-state index in [0.29, 0.717) is 28.0 Å². The van der Waals surface area contributed by atoms with Gasteiger partial charge in [0.25, 0.3) is 5.91 Å². The van der Waals surface area contributed by atoms with E-state index >= 15 is 0 Å². The van der Waals surface area contributed by atoms with Crippen molar-refractivity contribution >= 4 is 22.6 Å². The fourth-order valence-electron chi connectivity index (χ4n) is 2.14. The maximum Gasteiger partial charge on any atom is 0.257 e. The van der Waals surface area contributed by atoms with Crippen LogP contribution in [0.2, 0.25) is 0 Å². The van der Waals surface area contributed by atoms with Crippen molar-refractivity contribution in [2.24, 2.45) is 0 Å². The van der Waals surface area contributed by atoms with Crippen LogP contribution in [0, 0.1) is 5.82 Å². The number of nitrogens with one attached hydrogen (secondary N) is 1. The highest BCUT2D eigenvalue weighted by Crippen LogP contribution is 2.32. The first-order chi connectivity index (χ1) is 12.1. The Balaban J connectivity index is 1.78. The molecule has 1 amide bonds. The smallest absolute Gasteiger partial charge is 0.257 e. The summed E-state index contributed by atoms with van der Waals surface area (Å²) in [7, 11) is 3.10. The molecule has 8 heteroatoms. The number of halogens is 1. The molecule has 25 heavy (non-hydrogen) atoms. The first-order valence-corrected chi connectivity index (χ1v) is 8.01. The molecule has 3 rings (SSSR count). The SMILES string of the molecule is COc1ccc(-c2nsc(NC(=O)c3ccc(F)cc3)n2)cc1OC. The third-order valence-corrected chi connectivity index (χ3v) is 4.03. The molecule has 2 aromatic carbocycles. The van der Waals surface area contributed by atoms with E-state index in [2.05, 4.69) is 14.7 Å². The number of amides is 1. The van der Waals surface area contributed by atoms with E-state index in [1.54, 1.807) is 32.4 Å². The molecule has 128 valence electrons. The number of hydrogen-bond donors (Lipinski definition) is 1. The summed E-state index contributed by atoms with van der Waals surface area (Å²) in [6.07, 6.45) is 0. The van der Waals surface area contributed by atoms with Crippen molar-refractivity contribution in [2.75, 3.05) is 19.5 Å². The minimum atomic E-state index is -0.400. The molecule has 3 aromatic rings. The molecule has 0 aliphatic carbocycles. The van der Waals surface area contributed by atoms with Gasteiger partial charge in [0, 0.05) is 22.7 Å². The lowest BCUT2D eigenvalue weighted by Crippen LogP contribution is -2.11. The number of rotatable bonds is 5. The van der Waals surface area contributed by atoms with Crippen LogP contribution in [0.5, 0.6) is 11.5 Å². The van der Waals surface area contributed by atoms with Gasteiger partial charge >= 0.3 is 0 Å². The first kappa shape index (κ1) is 16.8. The van der Waals surface area contributed by atoms with Crippen molar-refractivity contribution in [2.45, 2.75) is 0 Å². The van der Waals surface area contributed by atoms with Crippen LogP contribution in [0.15, 0.2) is 42.5 Å². The van der Waals surface area contributed by atoms with Gasteiger partial charge in [-0.1, -0.05) is 0 Å². The van der Waals surface area contributed by atoms with E-state index in [4.69, 9.17) is 9.47 Å². The van der Waals surface area contributed by atoms with E-state index < -0.39 is 5.82 Å². The second-order valence-corrected chi connectivity index (χ2v) is 5.71. The zero-order valence-corrected chi connectivity index (χ0v) is 14.3. The zero-order valence-electron chi connectivity index (χ0n) is 13.4. The van der Waals surface area contributed by atoms with Gasteiger partial charge in [-0.3, -0.25) is 10.1 Å². The molecule has 0 fully saturated rings. The third-order valence-electron chi connectivity index (χ3n) is 3.39. The van der Waals surface area contributed by atoms with Crippen molar-refractivity contribution in [3.05, 3.63) is 53.8 Å². The molecule has 0 spiro atoms. The normalized spacial score (nSPS) is 10.4. The number of ether oxygens (including phenoxy) is 2. The van der Waals surface area contributed by atoms with Gasteiger partial charge in [-0.25, -0.2) is 4.39 Å². The molecule has 1 aromatic heterocycles. The summed E-state index contributed by atoms with van der Waals surface area (Å²) in [5.41, 5.74) is 1.07. The van der Waals surface area contributed by atoms with Crippen molar-refractivity contribution in [3.8, 4) is 22.9 Å². The average molecular weight is 359 g/mol. The van der Waals surface area contributed by atoms with Crippen LogP contribution < -0.4 is 14.8 Å². The molecule has 0 unspecified atom stereocenters. The van der Waals surface area contributed by atoms with E-state index in [1.807, 2.05) is 0 Å². The zero-order chi connectivity index (χ0) is 17.8. The Morgan fingerprint density at radius 2 is 1.80 bits per heavy atom. The Morgan fingerprint density at radius 3 is 2.48 bits per heavy atom. The van der Waals surface area contributed by atoms with Gasteiger partial charge in [0.1, 0.15) is 5.82 Å². The molecule has 0 aliphatic heterocycles. The largest absolute Gasteiger partial charge is 0.493 e. The predicted molar refractivity (Wildman–Crippen MR) is 92.8 cm³/mol. The summed E-state index contributed by atoms with van der Waals surface area (Å²) in [6.45, 7) is 0. The Kier molecular flexibility index (Phi) is 4.90. The molecular weight excluding hydrogens is 345 g/mol. The number of carbonyl (C=O) groups is 1. The van der Waals surface area contributed by atoms with Gasteiger partial charge in [-0.05, 0) is 42.5 Å². The Labute approximate surface area is 147 Å². The summed E-state index contributed by atoms with van der Waals surface area (Å²) in [6, 6.07) is 10.6. The number of hydrogen-bond acceptors (Lipinski definition) is 6. The molecular formula is C17H14FN3O3S. The second kappa shape index (κ2) is 7.27. The van der Waals surface area contributed by atoms with Crippen molar-refractivity contribution in [1.82, 2.24) is 9.36 Å². The number of anilines is 1. The maximum absolute atomic E-state index is 12.9. The van der Waals surface area contributed by atoms with Gasteiger partial charge in [0.2, 0.25) is 5.13 Å². The second-order valence-electron chi connectivity index (χ2n) is 4.95. The Hall–Kier alpha value is -3.00. The first-order valence-electron chi connectivity index (χ1n) is 7.23. The number of benzene rings is 2. The molecule has 1 N–H and O–H groups in total. The molecule has 0 saturated carbocycles. The van der Waals surface area contributed by atoms with E-state index in [0.717, 1.165) is 17.1 Å². The summed E-state index contributed by atoms with van der Waals surface area (Å²) >= 11 is 1.05. The fourth-order valence-corrected chi connectivity index (χ4v) is 2.72. The summed E-state index contributed by atoms with van der Waals surface area (Å²) in [5, 5.41) is 2.99. The third kappa shape index (κ3) is 3.74. The lowest BCUT2D eigenvalue weighted by Gasteiger charge is -2.07. The van der Waals surface area contributed by atoms with Gasteiger partial charge in [0.05, 0.1) is 14.2 Å². The quantitative estimate of drug-likeness (QED) is 0.753.